The summed E-state index contributed by atoms with van der Waals surface area (Å²) in [6.07, 6.45) is 9.43. The number of halogens is 2. The second-order valence-electron chi connectivity index (χ2n) is 7.22. The summed E-state index contributed by atoms with van der Waals surface area (Å²) in [7, 11) is 0. The molecule has 0 amide bonds. The molecule has 25 heavy (non-hydrogen) atoms. The quantitative estimate of drug-likeness (QED) is 0.520. The van der Waals surface area contributed by atoms with Crippen LogP contribution < -0.4 is 0 Å². The molecule has 0 bridgehead atoms. The molecule has 2 aromatic carbocycles. The van der Waals surface area contributed by atoms with Crippen molar-refractivity contribution in [1.82, 2.24) is 0 Å². The largest absolute Gasteiger partial charge is 0.207 e. The molecule has 2 aromatic rings. The highest BCUT2D eigenvalue weighted by molar-refractivity contribution is 5.64. The lowest BCUT2D eigenvalue weighted by atomic mass is 9.78. The van der Waals surface area contributed by atoms with Crippen LogP contribution in [0.4, 0.5) is 8.78 Å². The Morgan fingerprint density at radius 2 is 1.60 bits per heavy atom. The van der Waals surface area contributed by atoms with E-state index < -0.39 is 35.8 Å². The zero-order chi connectivity index (χ0) is 21.1. The van der Waals surface area contributed by atoms with E-state index in [0.717, 1.165) is 24.3 Å². The molecule has 0 saturated heterocycles. The van der Waals surface area contributed by atoms with Crippen LogP contribution in [0.2, 0.25) is 0 Å². The third kappa shape index (κ3) is 4.90. The van der Waals surface area contributed by atoms with Gasteiger partial charge in [-0.25, -0.2) is 8.78 Å². The molecule has 1 fully saturated rings. The minimum atomic E-state index is -1.21. The summed E-state index contributed by atoms with van der Waals surface area (Å²) in [5.41, 5.74) is 0.643. The van der Waals surface area contributed by atoms with E-state index >= 15 is 0 Å². The normalized spacial score (nSPS) is 22.8. The van der Waals surface area contributed by atoms with Gasteiger partial charge in [0.2, 0.25) is 0 Å². The van der Waals surface area contributed by atoms with Crippen molar-refractivity contribution in [2.45, 2.75) is 58.3 Å². The van der Waals surface area contributed by atoms with E-state index in [2.05, 4.69) is 6.92 Å². The van der Waals surface area contributed by atoms with Crippen molar-refractivity contribution in [3.05, 3.63) is 59.6 Å². The summed E-state index contributed by atoms with van der Waals surface area (Å²) in [5.74, 6) is -0.263. The van der Waals surface area contributed by atoms with Gasteiger partial charge in [-0.1, -0.05) is 69.7 Å². The molecular weight excluding hydrogens is 314 g/mol. The van der Waals surface area contributed by atoms with Crippen LogP contribution in [0, 0.1) is 23.5 Å². The van der Waals surface area contributed by atoms with Crippen LogP contribution in [0.3, 0.4) is 0 Å². The molecule has 0 spiro atoms. The van der Waals surface area contributed by atoms with Crippen molar-refractivity contribution in [3.8, 4) is 11.1 Å². The average Bonchev–Trinajstić information content (AvgIpc) is 2.72. The summed E-state index contributed by atoms with van der Waals surface area (Å²) in [6, 6.07) is 2.01. The van der Waals surface area contributed by atoms with Gasteiger partial charge in [-0.2, -0.15) is 0 Å². The van der Waals surface area contributed by atoms with E-state index in [1.165, 1.54) is 50.7 Å². The molecule has 0 unspecified atom stereocenters. The lowest BCUT2D eigenvalue weighted by Gasteiger charge is -2.28. The molecule has 0 N–H and O–H groups in total. The monoisotopic (exact) mass is 346 g/mol. The summed E-state index contributed by atoms with van der Waals surface area (Å²) >= 11 is 0. The SMILES string of the molecule is [2H]c1c([2H])c(-c2ccc(CCC3CCC(CCC)CC3)cc2F)c([2H])c([2H])c1F. The number of hydrogen-bond donors (Lipinski definition) is 0. The summed E-state index contributed by atoms with van der Waals surface area (Å²) < 4.78 is 59.6. The van der Waals surface area contributed by atoms with Crippen LogP contribution in [0.15, 0.2) is 42.4 Å². The molecule has 134 valence electrons. The molecule has 0 atom stereocenters. The number of benzene rings is 2. The van der Waals surface area contributed by atoms with Crippen molar-refractivity contribution in [2.75, 3.05) is 0 Å². The second-order valence-corrected chi connectivity index (χ2v) is 7.22. The van der Waals surface area contributed by atoms with E-state index in [0.29, 0.717) is 5.92 Å². The molecular formula is C23H28F2. The first-order valence-corrected chi connectivity index (χ1v) is 9.38. The molecule has 1 aliphatic rings. The fraction of sp³-hybridized carbons (Fsp3) is 0.478. The van der Waals surface area contributed by atoms with Gasteiger partial charge < -0.3 is 0 Å². The number of hydrogen-bond acceptors (Lipinski definition) is 0. The van der Waals surface area contributed by atoms with E-state index in [1.54, 1.807) is 6.07 Å². The fourth-order valence-electron chi connectivity index (χ4n) is 3.94. The van der Waals surface area contributed by atoms with Crippen LogP contribution in [-0.2, 0) is 6.42 Å². The zero-order valence-electron chi connectivity index (χ0n) is 18.8. The molecule has 0 nitrogen and oxygen atoms in total. The van der Waals surface area contributed by atoms with E-state index in [9.17, 15) is 8.78 Å². The van der Waals surface area contributed by atoms with Crippen molar-refractivity contribution in [3.63, 3.8) is 0 Å². The summed E-state index contributed by atoms with van der Waals surface area (Å²) in [5, 5.41) is 0. The van der Waals surface area contributed by atoms with Crippen molar-refractivity contribution in [2.24, 2.45) is 11.8 Å². The van der Waals surface area contributed by atoms with E-state index in [-0.39, 0.29) is 11.1 Å². The average molecular weight is 346 g/mol. The van der Waals surface area contributed by atoms with Gasteiger partial charge in [-0.3, -0.25) is 0 Å². The van der Waals surface area contributed by atoms with Gasteiger partial charge in [0.1, 0.15) is 11.6 Å². The van der Waals surface area contributed by atoms with Crippen molar-refractivity contribution < 1.29 is 14.3 Å². The number of rotatable bonds is 6. The molecule has 0 radical (unpaired) electrons. The predicted molar refractivity (Wildman–Crippen MR) is 100 cm³/mol. The Morgan fingerprint density at radius 1 is 0.960 bits per heavy atom. The van der Waals surface area contributed by atoms with Gasteiger partial charge in [0, 0.05) is 5.56 Å². The highest BCUT2D eigenvalue weighted by Gasteiger charge is 2.20. The van der Waals surface area contributed by atoms with Gasteiger partial charge in [-0.15, -0.1) is 0 Å². The van der Waals surface area contributed by atoms with E-state index in [1.807, 2.05) is 0 Å². The molecule has 0 aliphatic heterocycles. The highest BCUT2D eigenvalue weighted by atomic mass is 19.1. The Bertz CT molecular complexity index is 845. The van der Waals surface area contributed by atoms with Crippen LogP contribution >= 0.6 is 0 Å². The third-order valence-corrected chi connectivity index (χ3v) is 5.40. The first-order chi connectivity index (χ1) is 13.8. The third-order valence-electron chi connectivity index (χ3n) is 5.40. The highest BCUT2D eigenvalue weighted by Crippen LogP contribution is 2.34. The van der Waals surface area contributed by atoms with E-state index in [4.69, 9.17) is 5.48 Å². The number of aryl methyl sites for hydroxylation is 1. The van der Waals surface area contributed by atoms with Gasteiger partial charge in [0.25, 0.3) is 0 Å². The lowest BCUT2D eigenvalue weighted by molar-refractivity contribution is 0.252. The first-order valence-electron chi connectivity index (χ1n) is 11.4. The molecule has 1 aliphatic carbocycles. The Labute approximate surface area is 155 Å². The van der Waals surface area contributed by atoms with Crippen LogP contribution in [-0.4, -0.2) is 0 Å². The van der Waals surface area contributed by atoms with Crippen molar-refractivity contribution >= 4 is 0 Å². The zero-order valence-corrected chi connectivity index (χ0v) is 14.8. The molecule has 2 heteroatoms. The maximum absolute atomic E-state index is 14.8. The van der Waals surface area contributed by atoms with Gasteiger partial charge in [0.15, 0.2) is 0 Å². The predicted octanol–water partition coefficient (Wildman–Crippen LogP) is 7.17. The molecule has 1 saturated carbocycles. The topological polar surface area (TPSA) is 0 Å². The van der Waals surface area contributed by atoms with Gasteiger partial charge >= 0.3 is 0 Å². The molecule has 0 heterocycles. The molecule has 3 rings (SSSR count). The Hall–Kier alpha value is -1.70. The smallest absolute Gasteiger partial charge is 0.131 e. The van der Waals surface area contributed by atoms with Crippen LogP contribution in [0.25, 0.3) is 11.1 Å². The Morgan fingerprint density at radius 3 is 2.20 bits per heavy atom. The minimum absolute atomic E-state index is 0.0224. The Balaban J connectivity index is 1.72. The van der Waals surface area contributed by atoms with Gasteiger partial charge in [0.05, 0.1) is 5.48 Å². The maximum Gasteiger partial charge on any atom is 0.131 e. The summed E-state index contributed by atoms with van der Waals surface area (Å²) in [6.45, 7) is 2.24. The second kappa shape index (κ2) is 8.60. The molecule has 0 aromatic heterocycles. The van der Waals surface area contributed by atoms with Gasteiger partial charge in [-0.05, 0) is 54.0 Å². The standard InChI is InChI=1S/C23H28F2/c1-2-3-17-4-6-18(7-5-17)8-9-19-10-15-22(23(25)16-19)20-11-13-21(24)14-12-20/h10-18H,2-9H2,1H3/i11D,12D,13D,14D. The van der Waals surface area contributed by atoms with Crippen molar-refractivity contribution in [1.29, 1.82) is 0 Å². The lowest BCUT2D eigenvalue weighted by Crippen LogP contribution is -2.15. The first kappa shape index (κ1) is 13.5. The summed E-state index contributed by atoms with van der Waals surface area (Å²) in [4.78, 5) is 0. The minimum Gasteiger partial charge on any atom is -0.207 e. The maximum atomic E-state index is 14.8. The fourth-order valence-corrected chi connectivity index (χ4v) is 3.94. The van der Waals surface area contributed by atoms with Crippen LogP contribution in [0.1, 0.15) is 62.9 Å². The van der Waals surface area contributed by atoms with Crippen LogP contribution in [0.5, 0.6) is 0 Å². The Kier molecular flexibility index (Phi) is 4.64.